The van der Waals surface area contributed by atoms with Crippen LogP contribution in [0.2, 0.25) is 0 Å². The number of rotatable bonds is 4. The van der Waals surface area contributed by atoms with E-state index < -0.39 is 0 Å². The Morgan fingerprint density at radius 3 is 2.79 bits per heavy atom. The lowest BCUT2D eigenvalue weighted by molar-refractivity contribution is -0.122. The third kappa shape index (κ3) is 3.26. The minimum Gasteiger partial charge on any atom is -0.356 e. The van der Waals surface area contributed by atoms with Gasteiger partial charge >= 0.3 is 0 Å². The molecule has 0 unspecified atom stereocenters. The Morgan fingerprint density at radius 1 is 1.07 bits per heavy atom. The van der Waals surface area contributed by atoms with Crippen molar-refractivity contribution < 1.29 is 9.53 Å². The first-order valence-corrected chi connectivity index (χ1v) is 9.99. The van der Waals surface area contributed by atoms with Crippen molar-refractivity contribution in [3.8, 4) is 11.3 Å². The summed E-state index contributed by atoms with van der Waals surface area (Å²) in [6.45, 7) is 0.780. The average Bonchev–Trinajstić information content (AvgIpc) is 3.10. The molecule has 1 aliphatic carbocycles. The summed E-state index contributed by atoms with van der Waals surface area (Å²) in [5.41, 5.74) is 3.36. The van der Waals surface area contributed by atoms with Gasteiger partial charge in [-0.2, -0.15) is 5.10 Å². The Labute approximate surface area is 163 Å². The van der Waals surface area contributed by atoms with Gasteiger partial charge in [0.2, 0.25) is 5.91 Å². The highest BCUT2D eigenvalue weighted by Gasteiger charge is 2.25. The lowest BCUT2D eigenvalue weighted by atomic mass is 9.85. The van der Waals surface area contributed by atoms with Gasteiger partial charge in [0.1, 0.15) is 0 Å². The van der Waals surface area contributed by atoms with Crippen LogP contribution in [-0.2, 0) is 9.53 Å². The summed E-state index contributed by atoms with van der Waals surface area (Å²) >= 11 is 0. The van der Waals surface area contributed by atoms with Crippen molar-refractivity contribution in [1.82, 2.24) is 19.7 Å². The second kappa shape index (κ2) is 7.31. The van der Waals surface area contributed by atoms with Crippen LogP contribution >= 0.6 is 0 Å². The molecule has 0 bridgehead atoms. The number of carbonyl (C=O) groups excluding carboxylic acids is 1. The first-order valence-electron chi connectivity index (χ1n) is 9.99. The molecule has 2 fully saturated rings. The van der Waals surface area contributed by atoms with Crippen molar-refractivity contribution in [2.45, 2.75) is 44.8 Å². The second-order valence-corrected chi connectivity index (χ2v) is 7.62. The number of ether oxygens (including phenoxy) is 1. The molecule has 1 saturated heterocycles. The van der Waals surface area contributed by atoms with Gasteiger partial charge < -0.3 is 10.1 Å². The highest BCUT2D eigenvalue weighted by molar-refractivity contribution is 5.93. The summed E-state index contributed by atoms with van der Waals surface area (Å²) in [4.78, 5) is 21.1. The maximum Gasteiger partial charge on any atom is 0.227 e. The largest absolute Gasteiger partial charge is 0.356 e. The van der Waals surface area contributed by atoms with E-state index in [1.54, 1.807) is 12.4 Å². The van der Waals surface area contributed by atoms with Gasteiger partial charge in [-0.15, -0.1) is 0 Å². The smallest absolute Gasteiger partial charge is 0.227 e. The zero-order valence-corrected chi connectivity index (χ0v) is 15.7. The standard InChI is InChI=1S/C21H23N5O2/c27-21(14-4-3-5-14)25-17-8-15(10-22-12-17)18-9-16-11-24-26(19(16)13-23-18)20-6-1-2-7-28-20/h8-14,20H,1-7H2,(H,25,27)/t20-/m1/s1. The molecular formula is C21H23N5O2. The van der Waals surface area contributed by atoms with Gasteiger partial charge in [0.15, 0.2) is 6.23 Å². The van der Waals surface area contributed by atoms with Crippen LogP contribution in [0.4, 0.5) is 5.69 Å². The summed E-state index contributed by atoms with van der Waals surface area (Å²) in [7, 11) is 0. The van der Waals surface area contributed by atoms with Gasteiger partial charge in [-0.1, -0.05) is 6.42 Å². The summed E-state index contributed by atoms with van der Waals surface area (Å²) < 4.78 is 7.78. The molecule has 3 aromatic heterocycles. The molecule has 1 saturated carbocycles. The highest BCUT2D eigenvalue weighted by Crippen LogP contribution is 2.30. The summed E-state index contributed by atoms with van der Waals surface area (Å²) in [5, 5.41) is 8.52. The number of fused-ring (bicyclic) bond motifs is 1. The number of nitrogens with one attached hydrogen (secondary N) is 1. The number of nitrogens with zero attached hydrogens (tertiary/aromatic N) is 4. The molecule has 1 aliphatic heterocycles. The molecule has 0 radical (unpaired) electrons. The molecule has 0 aromatic carbocycles. The topological polar surface area (TPSA) is 81.9 Å². The SMILES string of the molecule is O=C(Nc1cncc(-c2cc3cnn([C@H]4CCCCO4)c3cn2)c1)C1CCC1. The monoisotopic (exact) mass is 377 g/mol. The maximum atomic E-state index is 12.2. The van der Waals surface area contributed by atoms with E-state index in [1.807, 2.05) is 29.2 Å². The van der Waals surface area contributed by atoms with E-state index in [1.165, 1.54) is 0 Å². The van der Waals surface area contributed by atoms with Crippen molar-refractivity contribution in [3.63, 3.8) is 0 Å². The number of aromatic nitrogens is 4. The quantitative estimate of drug-likeness (QED) is 0.745. The minimum absolute atomic E-state index is 0.00869. The fraction of sp³-hybridized carbons (Fsp3) is 0.429. The third-order valence-corrected chi connectivity index (χ3v) is 5.69. The highest BCUT2D eigenvalue weighted by atomic mass is 16.5. The summed E-state index contributed by atoms with van der Waals surface area (Å²) in [6.07, 6.45) is 13.5. The molecular weight excluding hydrogens is 354 g/mol. The van der Waals surface area contributed by atoms with Crippen LogP contribution in [0, 0.1) is 5.92 Å². The van der Waals surface area contributed by atoms with Gasteiger partial charge in [0.25, 0.3) is 0 Å². The van der Waals surface area contributed by atoms with Gasteiger partial charge in [0, 0.05) is 29.7 Å². The van der Waals surface area contributed by atoms with Crippen LogP contribution in [0.25, 0.3) is 22.2 Å². The number of carbonyl (C=O) groups is 1. The number of anilines is 1. The van der Waals surface area contributed by atoms with Crippen LogP contribution in [0.15, 0.2) is 36.9 Å². The molecule has 4 heterocycles. The van der Waals surface area contributed by atoms with Gasteiger partial charge in [0.05, 0.1) is 35.5 Å². The normalized spacial score (nSPS) is 20.1. The molecule has 1 N–H and O–H groups in total. The Balaban J connectivity index is 1.40. The first-order chi connectivity index (χ1) is 13.8. The van der Waals surface area contributed by atoms with Crippen molar-refractivity contribution in [2.75, 3.05) is 11.9 Å². The van der Waals surface area contributed by atoms with Gasteiger partial charge in [-0.25, -0.2) is 4.68 Å². The molecule has 144 valence electrons. The Kier molecular flexibility index (Phi) is 4.52. The van der Waals surface area contributed by atoms with Crippen LogP contribution in [0.3, 0.4) is 0 Å². The third-order valence-electron chi connectivity index (χ3n) is 5.69. The van der Waals surface area contributed by atoms with E-state index in [0.717, 1.165) is 67.3 Å². The van der Waals surface area contributed by atoms with E-state index in [0.29, 0.717) is 5.69 Å². The summed E-state index contributed by atoms with van der Waals surface area (Å²) in [5.74, 6) is 0.230. The van der Waals surface area contributed by atoms with Crippen molar-refractivity contribution in [2.24, 2.45) is 5.92 Å². The van der Waals surface area contributed by atoms with E-state index in [2.05, 4.69) is 20.4 Å². The summed E-state index contributed by atoms with van der Waals surface area (Å²) in [6, 6.07) is 3.93. The van der Waals surface area contributed by atoms with Gasteiger partial charge in [-0.3, -0.25) is 14.8 Å². The molecule has 5 rings (SSSR count). The number of pyridine rings is 2. The average molecular weight is 377 g/mol. The second-order valence-electron chi connectivity index (χ2n) is 7.62. The van der Waals surface area contributed by atoms with Crippen molar-refractivity contribution in [1.29, 1.82) is 0 Å². The van der Waals surface area contributed by atoms with Crippen molar-refractivity contribution >= 4 is 22.5 Å². The van der Waals surface area contributed by atoms with Crippen LogP contribution in [-0.4, -0.2) is 32.3 Å². The van der Waals surface area contributed by atoms with Crippen molar-refractivity contribution in [3.05, 3.63) is 36.9 Å². The number of hydrogen-bond donors (Lipinski definition) is 1. The maximum absolute atomic E-state index is 12.2. The van der Waals surface area contributed by atoms with E-state index in [-0.39, 0.29) is 18.1 Å². The lowest BCUT2D eigenvalue weighted by Crippen LogP contribution is -2.28. The molecule has 7 heteroatoms. The molecule has 1 atom stereocenters. The Morgan fingerprint density at radius 2 is 2.00 bits per heavy atom. The molecule has 2 aliphatic rings. The zero-order valence-electron chi connectivity index (χ0n) is 15.7. The van der Waals surface area contributed by atoms with E-state index in [9.17, 15) is 4.79 Å². The van der Waals surface area contributed by atoms with E-state index in [4.69, 9.17) is 4.74 Å². The van der Waals surface area contributed by atoms with Crippen LogP contribution < -0.4 is 5.32 Å². The number of amides is 1. The van der Waals surface area contributed by atoms with Crippen LogP contribution in [0.1, 0.15) is 44.8 Å². The molecule has 0 spiro atoms. The van der Waals surface area contributed by atoms with Crippen LogP contribution in [0.5, 0.6) is 0 Å². The Bertz CT molecular complexity index is 1000. The fourth-order valence-electron chi connectivity index (χ4n) is 3.81. The molecule has 7 nitrogen and oxygen atoms in total. The fourth-order valence-corrected chi connectivity index (χ4v) is 3.81. The molecule has 28 heavy (non-hydrogen) atoms. The Hall–Kier alpha value is -2.80. The predicted octanol–water partition coefficient (Wildman–Crippen LogP) is 3.93. The first kappa shape index (κ1) is 17.3. The van der Waals surface area contributed by atoms with Gasteiger partial charge in [-0.05, 0) is 44.2 Å². The minimum atomic E-state index is -0.00869. The molecule has 1 amide bonds. The lowest BCUT2D eigenvalue weighted by Gasteiger charge is -2.24. The molecule has 3 aromatic rings. The zero-order chi connectivity index (χ0) is 18.9. The predicted molar refractivity (Wildman–Crippen MR) is 106 cm³/mol. The van der Waals surface area contributed by atoms with E-state index >= 15 is 0 Å². The number of hydrogen-bond acceptors (Lipinski definition) is 5.